The van der Waals surface area contributed by atoms with Crippen molar-refractivity contribution in [1.82, 2.24) is 10.3 Å². The Morgan fingerprint density at radius 3 is 2.34 bits per heavy atom. The first-order valence-corrected chi connectivity index (χ1v) is 11.7. The molecule has 0 bridgehead atoms. The molecule has 1 saturated carbocycles. The molecule has 9 heteroatoms. The maximum absolute atomic E-state index is 14.7. The smallest absolute Gasteiger partial charge is 0.411 e. The van der Waals surface area contributed by atoms with Crippen molar-refractivity contribution in [3.05, 3.63) is 35.2 Å². The highest BCUT2D eigenvalue weighted by molar-refractivity contribution is 7.15. The first-order chi connectivity index (χ1) is 15.2. The third kappa shape index (κ3) is 6.66. The Morgan fingerprint density at radius 1 is 1.06 bits per heavy atom. The Hall–Kier alpha value is -2.68. The average Bonchev–Trinajstić information content (AvgIpc) is 3.17. The molecule has 0 radical (unpaired) electrons. The molecule has 2 aromatic rings. The third-order valence-electron chi connectivity index (χ3n) is 5.09. The number of amides is 2. The first kappa shape index (κ1) is 24.0. The van der Waals surface area contributed by atoms with Crippen LogP contribution in [0.25, 0.3) is 10.4 Å². The minimum absolute atomic E-state index is 0.108. The molecule has 2 N–H and O–H groups in total. The van der Waals surface area contributed by atoms with E-state index >= 15 is 0 Å². The summed E-state index contributed by atoms with van der Waals surface area (Å²) in [5, 5.41) is 6.43. The Kier molecular flexibility index (Phi) is 8.06. The number of hydrogen-bond donors (Lipinski definition) is 2. The number of carbonyl (C=O) groups is 2. The summed E-state index contributed by atoms with van der Waals surface area (Å²) in [5.41, 5.74) is 0.784. The average molecular weight is 464 g/mol. The summed E-state index contributed by atoms with van der Waals surface area (Å²) >= 11 is 1.48. The number of benzene rings is 1. The SMILES string of the molecule is CC(C)OC(=O)Nc1ccc(-c2cnc(C3CCC(NC(=O)OC(C)C)CC3)s2)c(F)c1. The van der Waals surface area contributed by atoms with E-state index in [1.165, 1.54) is 17.4 Å². The molecule has 32 heavy (non-hydrogen) atoms. The van der Waals surface area contributed by atoms with Gasteiger partial charge in [0.15, 0.2) is 0 Å². The third-order valence-corrected chi connectivity index (χ3v) is 6.28. The van der Waals surface area contributed by atoms with Gasteiger partial charge in [-0.2, -0.15) is 0 Å². The molecule has 1 aliphatic rings. The number of alkyl carbamates (subject to hydrolysis) is 1. The summed E-state index contributed by atoms with van der Waals surface area (Å²) in [7, 11) is 0. The van der Waals surface area contributed by atoms with Crippen molar-refractivity contribution >= 4 is 29.2 Å². The van der Waals surface area contributed by atoms with Crippen LogP contribution in [0.1, 0.15) is 64.3 Å². The number of aromatic nitrogens is 1. The van der Waals surface area contributed by atoms with E-state index in [9.17, 15) is 14.0 Å². The van der Waals surface area contributed by atoms with Crippen LogP contribution in [0.4, 0.5) is 19.7 Å². The zero-order chi connectivity index (χ0) is 23.3. The van der Waals surface area contributed by atoms with Gasteiger partial charge in [-0.25, -0.2) is 19.0 Å². The van der Waals surface area contributed by atoms with Crippen LogP contribution in [0, 0.1) is 5.82 Å². The second-order valence-electron chi connectivity index (χ2n) is 8.48. The van der Waals surface area contributed by atoms with Gasteiger partial charge in [0.2, 0.25) is 0 Å². The molecule has 0 aliphatic heterocycles. The van der Waals surface area contributed by atoms with E-state index in [4.69, 9.17) is 9.47 Å². The van der Waals surface area contributed by atoms with Crippen LogP contribution in [0.2, 0.25) is 0 Å². The van der Waals surface area contributed by atoms with Crippen molar-refractivity contribution in [1.29, 1.82) is 0 Å². The van der Waals surface area contributed by atoms with Gasteiger partial charge < -0.3 is 14.8 Å². The lowest BCUT2D eigenvalue weighted by molar-refractivity contribution is 0.109. The van der Waals surface area contributed by atoms with Crippen molar-refractivity contribution < 1.29 is 23.5 Å². The fourth-order valence-corrected chi connectivity index (χ4v) is 4.77. The zero-order valence-electron chi connectivity index (χ0n) is 18.8. The van der Waals surface area contributed by atoms with E-state index < -0.39 is 11.9 Å². The molecule has 2 amide bonds. The van der Waals surface area contributed by atoms with Crippen LogP contribution in [0.15, 0.2) is 24.4 Å². The minimum Gasteiger partial charge on any atom is -0.447 e. The van der Waals surface area contributed by atoms with E-state index in [1.54, 1.807) is 32.2 Å². The molecule has 0 unspecified atom stereocenters. The van der Waals surface area contributed by atoms with Crippen molar-refractivity contribution in [3.8, 4) is 10.4 Å². The van der Waals surface area contributed by atoms with Gasteiger partial charge in [-0.05, 0) is 71.6 Å². The number of anilines is 1. The van der Waals surface area contributed by atoms with Gasteiger partial charge in [-0.3, -0.25) is 5.32 Å². The predicted molar refractivity (Wildman–Crippen MR) is 122 cm³/mol. The monoisotopic (exact) mass is 463 g/mol. The lowest BCUT2D eigenvalue weighted by Crippen LogP contribution is -2.38. The van der Waals surface area contributed by atoms with Crippen LogP contribution in [0.3, 0.4) is 0 Å². The molecule has 1 aromatic carbocycles. The number of halogens is 1. The standard InChI is InChI=1S/C23H30FN3O4S/c1-13(2)30-22(28)26-16-7-5-15(6-8-16)21-25-12-20(32-21)18-10-9-17(11-19(18)24)27-23(29)31-14(3)4/h9-16H,5-8H2,1-4H3,(H,26,28)(H,27,29). The first-order valence-electron chi connectivity index (χ1n) is 10.9. The molecule has 1 aliphatic carbocycles. The van der Waals surface area contributed by atoms with Gasteiger partial charge in [0.05, 0.1) is 22.1 Å². The quantitative estimate of drug-likeness (QED) is 0.543. The molecule has 1 heterocycles. The molecule has 1 aromatic heterocycles. The molecular weight excluding hydrogens is 433 g/mol. The summed E-state index contributed by atoms with van der Waals surface area (Å²) in [6.45, 7) is 7.14. The number of rotatable bonds is 6. The van der Waals surface area contributed by atoms with Crippen LogP contribution < -0.4 is 10.6 Å². The maximum Gasteiger partial charge on any atom is 0.411 e. The number of thiazole rings is 1. The van der Waals surface area contributed by atoms with Gasteiger partial charge in [-0.1, -0.05) is 0 Å². The topological polar surface area (TPSA) is 89.5 Å². The highest BCUT2D eigenvalue weighted by atomic mass is 32.1. The van der Waals surface area contributed by atoms with Crippen LogP contribution in [-0.4, -0.2) is 35.4 Å². The van der Waals surface area contributed by atoms with Crippen molar-refractivity contribution in [3.63, 3.8) is 0 Å². The molecule has 0 saturated heterocycles. The van der Waals surface area contributed by atoms with E-state index in [0.29, 0.717) is 17.2 Å². The van der Waals surface area contributed by atoms with Crippen LogP contribution in [0.5, 0.6) is 0 Å². The lowest BCUT2D eigenvalue weighted by atomic mass is 9.86. The number of nitrogens with one attached hydrogen (secondary N) is 2. The molecular formula is C23H30FN3O4S. The highest BCUT2D eigenvalue weighted by Gasteiger charge is 2.26. The Morgan fingerprint density at radius 2 is 1.72 bits per heavy atom. The summed E-state index contributed by atoms with van der Waals surface area (Å²) < 4.78 is 24.9. The molecule has 3 rings (SSSR count). The summed E-state index contributed by atoms with van der Waals surface area (Å²) in [6, 6.07) is 4.67. The highest BCUT2D eigenvalue weighted by Crippen LogP contribution is 2.38. The number of carbonyl (C=O) groups excluding carboxylic acids is 2. The zero-order valence-corrected chi connectivity index (χ0v) is 19.6. The lowest BCUT2D eigenvalue weighted by Gasteiger charge is -2.28. The van der Waals surface area contributed by atoms with Crippen molar-refractivity contribution in [2.45, 2.75) is 77.5 Å². The molecule has 7 nitrogen and oxygen atoms in total. The maximum atomic E-state index is 14.7. The van der Waals surface area contributed by atoms with Gasteiger partial charge in [0.25, 0.3) is 0 Å². The van der Waals surface area contributed by atoms with Gasteiger partial charge in [0.1, 0.15) is 5.82 Å². The molecule has 0 spiro atoms. The summed E-state index contributed by atoms with van der Waals surface area (Å²) in [5.74, 6) is -0.137. The Balaban J connectivity index is 1.58. The van der Waals surface area contributed by atoms with Gasteiger partial charge >= 0.3 is 12.2 Å². The van der Waals surface area contributed by atoms with E-state index in [1.807, 2.05) is 13.8 Å². The molecule has 0 atom stereocenters. The largest absolute Gasteiger partial charge is 0.447 e. The van der Waals surface area contributed by atoms with Gasteiger partial charge in [-0.15, -0.1) is 11.3 Å². The number of nitrogens with zero attached hydrogens (tertiary/aromatic N) is 1. The molecule has 1 fully saturated rings. The summed E-state index contributed by atoms with van der Waals surface area (Å²) in [4.78, 5) is 28.8. The van der Waals surface area contributed by atoms with Crippen LogP contribution in [-0.2, 0) is 9.47 Å². The molecule has 174 valence electrons. The van der Waals surface area contributed by atoms with E-state index in [2.05, 4.69) is 15.6 Å². The van der Waals surface area contributed by atoms with Crippen molar-refractivity contribution in [2.24, 2.45) is 0 Å². The Labute approximate surface area is 191 Å². The second kappa shape index (κ2) is 10.8. The van der Waals surface area contributed by atoms with Gasteiger partial charge in [0, 0.05) is 29.4 Å². The fraction of sp³-hybridized carbons (Fsp3) is 0.522. The minimum atomic E-state index is -0.616. The number of hydrogen-bond acceptors (Lipinski definition) is 6. The number of ether oxygens (including phenoxy) is 2. The summed E-state index contributed by atoms with van der Waals surface area (Å²) in [6.07, 6.45) is 3.84. The van der Waals surface area contributed by atoms with E-state index in [-0.39, 0.29) is 24.3 Å². The van der Waals surface area contributed by atoms with Crippen LogP contribution >= 0.6 is 11.3 Å². The normalized spacial score (nSPS) is 18.5. The fourth-order valence-electron chi connectivity index (χ4n) is 3.65. The van der Waals surface area contributed by atoms with E-state index in [0.717, 1.165) is 35.6 Å². The predicted octanol–water partition coefficient (Wildman–Crippen LogP) is 6.07. The Bertz CT molecular complexity index is 939. The second-order valence-corrected chi connectivity index (χ2v) is 9.55. The van der Waals surface area contributed by atoms with Crippen molar-refractivity contribution in [2.75, 3.05) is 5.32 Å².